The average molecular weight is 247 g/mol. The Labute approximate surface area is 96.6 Å². The second kappa shape index (κ2) is 6.15. The van der Waals surface area contributed by atoms with Gasteiger partial charge in [-0.05, 0) is 24.3 Å². The zero-order valence-corrected chi connectivity index (χ0v) is 8.91. The van der Waals surface area contributed by atoms with Crippen LogP contribution in [0.2, 0.25) is 0 Å². The lowest BCUT2D eigenvalue weighted by Gasteiger charge is -2.09. The molecule has 0 spiro atoms. The van der Waals surface area contributed by atoms with Crippen LogP contribution in [0.3, 0.4) is 0 Å². The van der Waals surface area contributed by atoms with E-state index in [1.807, 2.05) is 0 Å². The van der Waals surface area contributed by atoms with E-state index in [1.54, 1.807) is 12.2 Å². The maximum absolute atomic E-state index is 11.9. The lowest BCUT2D eigenvalue weighted by molar-refractivity contribution is -0.274. The van der Waals surface area contributed by atoms with Gasteiger partial charge in [0, 0.05) is 6.54 Å². The zero-order valence-electron chi connectivity index (χ0n) is 8.91. The van der Waals surface area contributed by atoms with Gasteiger partial charge in [0.15, 0.2) is 0 Å². The molecule has 17 heavy (non-hydrogen) atoms. The van der Waals surface area contributed by atoms with Gasteiger partial charge in [-0.2, -0.15) is 0 Å². The van der Waals surface area contributed by atoms with Crippen molar-refractivity contribution in [3.05, 3.63) is 36.4 Å². The van der Waals surface area contributed by atoms with Crippen LogP contribution < -0.4 is 15.2 Å². The summed E-state index contributed by atoms with van der Waals surface area (Å²) in [6, 6.07) is 5.18. The predicted molar refractivity (Wildman–Crippen MR) is 56.8 cm³/mol. The Morgan fingerprint density at radius 1 is 1.06 bits per heavy atom. The number of alkyl halides is 3. The molecule has 0 saturated carbocycles. The third-order valence-corrected chi connectivity index (χ3v) is 1.71. The molecule has 2 N–H and O–H groups in total. The van der Waals surface area contributed by atoms with Gasteiger partial charge in [0.05, 0.1) is 0 Å². The number of benzene rings is 1. The maximum atomic E-state index is 11.9. The molecule has 0 unspecified atom stereocenters. The summed E-state index contributed by atoms with van der Waals surface area (Å²) in [7, 11) is 0. The summed E-state index contributed by atoms with van der Waals surface area (Å²) in [6.07, 6.45) is -1.23. The first-order valence-electron chi connectivity index (χ1n) is 4.85. The molecule has 0 aliphatic heterocycles. The minimum absolute atomic E-state index is 0.276. The smallest absolute Gasteiger partial charge is 0.490 e. The SMILES string of the molecule is NC/C=C/COc1ccc(OC(F)(F)F)cc1. The third kappa shape index (κ3) is 5.82. The number of halogens is 3. The molecular weight excluding hydrogens is 235 g/mol. The summed E-state index contributed by atoms with van der Waals surface area (Å²) in [4.78, 5) is 0. The van der Waals surface area contributed by atoms with Crippen LogP contribution >= 0.6 is 0 Å². The van der Waals surface area contributed by atoms with E-state index < -0.39 is 6.36 Å². The summed E-state index contributed by atoms with van der Waals surface area (Å²) >= 11 is 0. The first-order chi connectivity index (χ1) is 8.01. The Kier molecular flexibility index (Phi) is 4.84. The number of nitrogens with two attached hydrogens (primary N) is 1. The summed E-state index contributed by atoms with van der Waals surface area (Å²) in [5.41, 5.74) is 5.22. The molecule has 3 nitrogen and oxygen atoms in total. The normalized spacial score (nSPS) is 11.8. The first kappa shape index (κ1) is 13.4. The van der Waals surface area contributed by atoms with Gasteiger partial charge in [-0.3, -0.25) is 0 Å². The van der Waals surface area contributed by atoms with Gasteiger partial charge >= 0.3 is 6.36 Å². The molecule has 0 saturated heterocycles. The molecule has 0 aromatic heterocycles. The second-order valence-electron chi connectivity index (χ2n) is 3.04. The summed E-state index contributed by atoms with van der Waals surface area (Å²) in [5.74, 6) is 0.184. The number of ether oxygens (including phenoxy) is 2. The van der Waals surface area contributed by atoms with Gasteiger partial charge in [-0.25, -0.2) is 0 Å². The first-order valence-corrected chi connectivity index (χ1v) is 4.85. The molecule has 0 amide bonds. The fourth-order valence-corrected chi connectivity index (χ4v) is 1.05. The summed E-state index contributed by atoms with van der Waals surface area (Å²) < 4.78 is 44.5. The minimum atomic E-state index is -4.67. The van der Waals surface area contributed by atoms with Crippen molar-refractivity contribution in [2.45, 2.75) is 6.36 Å². The Morgan fingerprint density at radius 3 is 2.18 bits per heavy atom. The molecular formula is C11H12F3NO2. The van der Waals surface area contributed by atoms with Crippen molar-refractivity contribution in [2.24, 2.45) is 5.73 Å². The van der Waals surface area contributed by atoms with Gasteiger partial charge in [0.25, 0.3) is 0 Å². The molecule has 0 heterocycles. The number of hydrogen-bond acceptors (Lipinski definition) is 3. The monoisotopic (exact) mass is 247 g/mol. The Bertz CT molecular complexity index is 360. The molecule has 0 atom stereocenters. The lowest BCUT2D eigenvalue weighted by atomic mass is 10.3. The van der Waals surface area contributed by atoms with E-state index in [0.29, 0.717) is 18.9 Å². The molecule has 0 aliphatic rings. The van der Waals surface area contributed by atoms with E-state index in [4.69, 9.17) is 10.5 Å². The predicted octanol–water partition coefficient (Wildman–Crippen LogP) is 2.48. The van der Waals surface area contributed by atoms with Gasteiger partial charge in [-0.1, -0.05) is 12.2 Å². The fraction of sp³-hybridized carbons (Fsp3) is 0.273. The van der Waals surface area contributed by atoms with Crippen LogP contribution in [0.4, 0.5) is 13.2 Å². The largest absolute Gasteiger partial charge is 0.573 e. The van der Waals surface area contributed by atoms with E-state index >= 15 is 0 Å². The molecule has 6 heteroatoms. The van der Waals surface area contributed by atoms with Gasteiger partial charge in [0.2, 0.25) is 0 Å². The van der Waals surface area contributed by atoms with Crippen molar-refractivity contribution in [1.82, 2.24) is 0 Å². The van der Waals surface area contributed by atoms with E-state index in [1.165, 1.54) is 24.3 Å². The van der Waals surface area contributed by atoms with Crippen LogP contribution in [0.25, 0.3) is 0 Å². The highest BCUT2D eigenvalue weighted by Gasteiger charge is 2.30. The molecule has 0 bridgehead atoms. The number of hydrogen-bond donors (Lipinski definition) is 1. The van der Waals surface area contributed by atoms with Crippen molar-refractivity contribution < 1.29 is 22.6 Å². The van der Waals surface area contributed by atoms with E-state index in [9.17, 15) is 13.2 Å². The highest BCUT2D eigenvalue weighted by molar-refractivity contribution is 5.31. The van der Waals surface area contributed by atoms with Crippen molar-refractivity contribution in [2.75, 3.05) is 13.2 Å². The topological polar surface area (TPSA) is 44.5 Å². The van der Waals surface area contributed by atoms with Crippen LogP contribution in [-0.4, -0.2) is 19.5 Å². The molecule has 1 aromatic rings. The highest BCUT2D eigenvalue weighted by Crippen LogP contribution is 2.24. The molecule has 0 fully saturated rings. The van der Waals surface area contributed by atoms with Crippen molar-refractivity contribution in [3.8, 4) is 11.5 Å². The molecule has 1 aromatic carbocycles. The maximum Gasteiger partial charge on any atom is 0.573 e. The van der Waals surface area contributed by atoms with Crippen LogP contribution in [0, 0.1) is 0 Å². The zero-order chi connectivity index (χ0) is 12.7. The summed E-state index contributed by atoms with van der Waals surface area (Å²) in [6.45, 7) is 0.735. The average Bonchev–Trinajstić information content (AvgIpc) is 2.25. The highest BCUT2D eigenvalue weighted by atomic mass is 19.4. The van der Waals surface area contributed by atoms with Crippen molar-refractivity contribution in [3.63, 3.8) is 0 Å². The van der Waals surface area contributed by atoms with Crippen molar-refractivity contribution >= 4 is 0 Å². The van der Waals surface area contributed by atoms with Crippen molar-refractivity contribution in [1.29, 1.82) is 0 Å². The van der Waals surface area contributed by atoms with Crippen LogP contribution in [0.5, 0.6) is 11.5 Å². The fourth-order valence-electron chi connectivity index (χ4n) is 1.05. The Morgan fingerprint density at radius 2 is 1.65 bits per heavy atom. The molecule has 0 aliphatic carbocycles. The standard InChI is InChI=1S/C11H12F3NO2/c12-11(13,14)17-10-5-3-9(4-6-10)16-8-2-1-7-15/h1-6H,7-8,15H2/b2-1+. The Balaban J connectivity index is 2.47. The van der Waals surface area contributed by atoms with Gasteiger partial charge < -0.3 is 15.2 Å². The van der Waals surface area contributed by atoms with Gasteiger partial charge in [0.1, 0.15) is 18.1 Å². The van der Waals surface area contributed by atoms with E-state index in [2.05, 4.69) is 4.74 Å². The molecule has 0 radical (unpaired) electrons. The van der Waals surface area contributed by atoms with Crippen LogP contribution in [0.1, 0.15) is 0 Å². The quantitative estimate of drug-likeness (QED) is 0.813. The van der Waals surface area contributed by atoms with Crippen LogP contribution in [0.15, 0.2) is 36.4 Å². The molecule has 1 rings (SSSR count). The third-order valence-electron chi connectivity index (χ3n) is 1.71. The Hall–Kier alpha value is -1.69. The van der Waals surface area contributed by atoms with Crippen LogP contribution in [-0.2, 0) is 0 Å². The van der Waals surface area contributed by atoms with E-state index in [-0.39, 0.29) is 5.75 Å². The lowest BCUT2D eigenvalue weighted by Crippen LogP contribution is -2.16. The summed E-state index contributed by atoms with van der Waals surface area (Å²) in [5, 5.41) is 0. The van der Waals surface area contributed by atoms with Gasteiger partial charge in [-0.15, -0.1) is 13.2 Å². The van der Waals surface area contributed by atoms with E-state index in [0.717, 1.165) is 0 Å². The second-order valence-corrected chi connectivity index (χ2v) is 3.04. The number of rotatable bonds is 5. The molecule has 94 valence electrons. The minimum Gasteiger partial charge on any atom is -0.490 e.